The van der Waals surface area contributed by atoms with Crippen LogP contribution in [-0.2, 0) is 4.79 Å². The Morgan fingerprint density at radius 2 is 1.94 bits per heavy atom. The summed E-state index contributed by atoms with van der Waals surface area (Å²) in [5, 5.41) is 8.67. The van der Waals surface area contributed by atoms with E-state index in [0.717, 1.165) is 6.07 Å². The van der Waals surface area contributed by atoms with Crippen molar-refractivity contribution in [2.75, 3.05) is 0 Å². The number of halogens is 2. The Labute approximate surface area is 91.9 Å². The fourth-order valence-corrected chi connectivity index (χ4v) is 1.32. The molecule has 5 heteroatoms. The van der Waals surface area contributed by atoms with Gasteiger partial charge in [0.05, 0.1) is 0 Å². The van der Waals surface area contributed by atoms with Gasteiger partial charge in [-0.3, -0.25) is 4.79 Å². The summed E-state index contributed by atoms with van der Waals surface area (Å²) < 4.78 is 26.5. The van der Waals surface area contributed by atoms with Crippen molar-refractivity contribution in [2.24, 2.45) is 5.73 Å². The lowest BCUT2D eigenvalue weighted by Gasteiger charge is -2.13. The largest absolute Gasteiger partial charge is 0.480 e. The summed E-state index contributed by atoms with van der Waals surface area (Å²) in [5.41, 5.74) is 5.47. The standard InChI is InChI=1S/C11H13F2NO2/c1-5(2)6-3-7(10(14)11(15)16)9(13)8(12)4-6/h3-5,10H,14H2,1-2H3,(H,15,16). The average molecular weight is 229 g/mol. The highest BCUT2D eigenvalue weighted by Gasteiger charge is 2.22. The van der Waals surface area contributed by atoms with Crippen molar-refractivity contribution < 1.29 is 18.7 Å². The second kappa shape index (κ2) is 4.57. The molecular formula is C11H13F2NO2. The van der Waals surface area contributed by atoms with E-state index in [9.17, 15) is 13.6 Å². The van der Waals surface area contributed by atoms with E-state index >= 15 is 0 Å². The molecule has 1 rings (SSSR count). The summed E-state index contributed by atoms with van der Waals surface area (Å²) in [5.74, 6) is -3.69. The zero-order valence-corrected chi connectivity index (χ0v) is 9.00. The molecular weight excluding hydrogens is 216 g/mol. The van der Waals surface area contributed by atoms with E-state index in [1.165, 1.54) is 6.07 Å². The van der Waals surface area contributed by atoms with Crippen molar-refractivity contribution in [2.45, 2.75) is 25.8 Å². The van der Waals surface area contributed by atoms with Gasteiger partial charge in [-0.05, 0) is 17.5 Å². The quantitative estimate of drug-likeness (QED) is 0.834. The summed E-state index contributed by atoms with van der Waals surface area (Å²) in [6.07, 6.45) is 0. The van der Waals surface area contributed by atoms with Crippen molar-refractivity contribution in [3.05, 3.63) is 34.9 Å². The van der Waals surface area contributed by atoms with Crippen LogP contribution >= 0.6 is 0 Å². The molecule has 0 heterocycles. The van der Waals surface area contributed by atoms with Crippen molar-refractivity contribution in [1.29, 1.82) is 0 Å². The van der Waals surface area contributed by atoms with Crippen LogP contribution in [0.5, 0.6) is 0 Å². The molecule has 1 aromatic carbocycles. The van der Waals surface area contributed by atoms with E-state index in [1.807, 2.05) is 0 Å². The summed E-state index contributed by atoms with van der Waals surface area (Å²) in [6, 6.07) is 0.799. The molecule has 0 amide bonds. The normalized spacial score (nSPS) is 12.9. The third-order valence-electron chi connectivity index (χ3n) is 2.35. The summed E-state index contributed by atoms with van der Waals surface area (Å²) in [4.78, 5) is 10.6. The Balaban J connectivity index is 3.32. The van der Waals surface area contributed by atoms with Crippen LogP contribution in [0.4, 0.5) is 8.78 Å². The van der Waals surface area contributed by atoms with Gasteiger partial charge >= 0.3 is 5.97 Å². The van der Waals surface area contributed by atoms with E-state index in [0.29, 0.717) is 5.56 Å². The Hall–Kier alpha value is -1.49. The van der Waals surface area contributed by atoms with Crippen LogP contribution in [0.2, 0.25) is 0 Å². The maximum absolute atomic E-state index is 13.3. The summed E-state index contributed by atoms with van der Waals surface area (Å²) in [6.45, 7) is 3.59. The highest BCUT2D eigenvalue weighted by molar-refractivity contribution is 5.75. The van der Waals surface area contributed by atoms with Crippen LogP contribution in [0.25, 0.3) is 0 Å². The molecule has 0 aliphatic rings. The highest BCUT2D eigenvalue weighted by atomic mass is 19.2. The molecule has 1 atom stereocenters. The number of carboxylic acid groups (broad SMARTS) is 1. The Bertz CT molecular complexity index is 419. The molecule has 0 spiro atoms. The molecule has 3 nitrogen and oxygen atoms in total. The second-order valence-electron chi connectivity index (χ2n) is 3.88. The Morgan fingerprint density at radius 1 is 1.38 bits per heavy atom. The molecule has 0 aromatic heterocycles. The van der Waals surface area contributed by atoms with Crippen LogP contribution in [0.15, 0.2) is 12.1 Å². The number of carbonyl (C=O) groups is 1. The molecule has 16 heavy (non-hydrogen) atoms. The van der Waals surface area contributed by atoms with E-state index < -0.39 is 23.6 Å². The molecule has 1 aromatic rings. The minimum atomic E-state index is -1.55. The van der Waals surface area contributed by atoms with E-state index in [4.69, 9.17) is 10.8 Å². The number of rotatable bonds is 3. The zero-order valence-electron chi connectivity index (χ0n) is 9.00. The molecule has 0 bridgehead atoms. The number of hydrogen-bond acceptors (Lipinski definition) is 2. The first-order chi connectivity index (χ1) is 7.34. The lowest BCUT2D eigenvalue weighted by atomic mass is 9.97. The first kappa shape index (κ1) is 12.6. The van der Waals surface area contributed by atoms with Gasteiger partial charge in [-0.2, -0.15) is 0 Å². The summed E-state index contributed by atoms with van der Waals surface area (Å²) >= 11 is 0. The van der Waals surface area contributed by atoms with Crippen LogP contribution in [0, 0.1) is 11.6 Å². The fourth-order valence-electron chi connectivity index (χ4n) is 1.32. The van der Waals surface area contributed by atoms with Gasteiger partial charge in [-0.1, -0.05) is 19.9 Å². The lowest BCUT2D eigenvalue weighted by Crippen LogP contribution is -2.22. The molecule has 1 unspecified atom stereocenters. The average Bonchev–Trinajstić information content (AvgIpc) is 2.20. The van der Waals surface area contributed by atoms with Crippen LogP contribution in [0.1, 0.15) is 36.9 Å². The Morgan fingerprint density at radius 3 is 2.38 bits per heavy atom. The third-order valence-corrected chi connectivity index (χ3v) is 2.35. The first-order valence-electron chi connectivity index (χ1n) is 4.81. The van der Waals surface area contributed by atoms with Crippen molar-refractivity contribution in [3.8, 4) is 0 Å². The van der Waals surface area contributed by atoms with Crippen LogP contribution in [-0.4, -0.2) is 11.1 Å². The molecule has 0 aliphatic heterocycles. The van der Waals surface area contributed by atoms with Gasteiger partial charge in [0.15, 0.2) is 11.6 Å². The van der Waals surface area contributed by atoms with Crippen molar-refractivity contribution >= 4 is 5.97 Å². The lowest BCUT2D eigenvalue weighted by molar-refractivity contribution is -0.138. The van der Waals surface area contributed by atoms with E-state index in [2.05, 4.69) is 0 Å². The molecule has 0 saturated heterocycles. The first-order valence-corrected chi connectivity index (χ1v) is 4.81. The van der Waals surface area contributed by atoms with Gasteiger partial charge < -0.3 is 10.8 Å². The smallest absolute Gasteiger partial charge is 0.325 e. The predicted octanol–water partition coefficient (Wildman–Crippen LogP) is 2.17. The maximum atomic E-state index is 13.3. The third kappa shape index (κ3) is 2.36. The van der Waals surface area contributed by atoms with Crippen molar-refractivity contribution in [3.63, 3.8) is 0 Å². The van der Waals surface area contributed by atoms with E-state index in [-0.39, 0.29) is 11.5 Å². The number of nitrogens with two attached hydrogens (primary N) is 1. The Kier molecular flexibility index (Phi) is 3.59. The number of aliphatic carboxylic acids is 1. The van der Waals surface area contributed by atoms with Crippen molar-refractivity contribution in [1.82, 2.24) is 0 Å². The minimum absolute atomic E-state index is 0.0326. The molecule has 0 radical (unpaired) electrons. The molecule has 0 fully saturated rings. The number of hydrogen-bond donors (Lipinski definition) is 2. The number of benzene rings is 1. The van der Waals surface area contributed by atoms with Gasteiger partial charge in [0.2, 0.25) is 0 Å². The molecule has 0 saturated carbocycles. The number of carboxylic acids is 1. The maximum Gasteiger partial charge on any atom is 0.325 e. The predicted molar refractivity (Wildman–Crippen MR) is 55.0 cm³/mol. The van der Waals surface area contributed by atoms with Gasteiger partial charge in [-0.25, -0.2) is 8.78 Å². The summed E-state index contributed by atoms with van der Waals surface area (Å²) in [7, 11) is 0. The second-order valence-corrected chi connectivity index (χ2v) is 3.88. The molecule has 3 N–H and O–H groups in total. The molecule has 88 valence electrons. The van der Waals surface area contributed by atoms with Gasteiger partial charge in [0.25, 0.3) is 0 Å². The topological polar surface area (TPSA) is 63.3 Å². The van der Waals surface area contributed by atoms with Gasteiger partial charge in [0, 0.05) is 5.56 Å². The van der Waals surface area contributed by atoms with Crippen LogP contribution < -0.4 is 5.73 Å². The zero-order chi connectivity index (χ0) is 12.5. The van der Waals surface area contributed by atoms with E-state index in [1.54, 1.807) is 13.8 Å². The monoisotopic (exact) mass is 229 g/mol. The van der Waals surface area contributed by atoms with Crippen LogP contribution in [0.3, 0.4) is 0 Å². The fraction of sp³-hybridized carbons (Fsp3) is 0.364. The SMILES string of the molecule is CC(C)c1cc(F)c(F)c(C(N)C(=O)O)c1. The van der Waals surface area contributed by atoms with Gasteiger partial charge in [-0.15, -0.1) is 0 Å². The molecule has 0 aliphatic carbocycles. The highest BCUT2D eigenvalue weighted by Crippen LogP contribution is 2.24. The minimum Gasteiger partial charge on any atom is -0.480 e. The van der Waals surface area contributed by atoms with Gasteiger partial charge in [0.1, 0.15) is 6.04 Å².